The van der Waals surface area contributed by atoms with Gasteiger partial charge in [-0.15, -0.1) is 0 Å². The van der Waals surface area contributed by atoms with Crippen LogP contribution in [0.4, 0.5) is 0 Å². The predicted octanol–water partition coefficient (Wildman–Crippen LogP) is 2.27. The number of H-pyrrole nitrogens is 1. The SMILES string of the molecule is CCOC(=O)c1c(C)[nH]c(CCC(=O)NC(C)C)c1C. The molecule has 0 saturated heterocycles. The van der Waals surface area contributed by atoms with E-state index in [1.165, 1.54) is 0 Å². The van der Waals surface area contributed by atoms with Crippen LogP contribution < -0.4 is 5.32 Å². The van der Waals surface area contributed by atoms with Gasteiger partial charge in [0.05, 0.1) is 12.2 Å². The fourth-order valence-electron chi connectivity index (χ4n) is 2.21. The van der Waals surface area contributed by atoms with E-state index in [1.54, 1.807) is 6.92 Å². The van der Waals surface area contributed by atoms with Crippen molar-refractivity contribution in [3.63, 3.8) is 0 Å². The van der Waals surface area contributed by atoms with Crippen LogP contribution in [-0.4, -0.2) is 29.5 Å². The summed E-state index contributed by atoms with van der Waals surface area (Å²) >= 11 is 0. The van der Waals surface area contributed by atoms with Gasteiger partial charge in [-0.2, -0.15) is 0 Å². The summed E-state index contributed by atoms with van der Waals surface area (Å²) in [6.07, 6.45) is 0.992. The molecule has 1 heterocycles. The highest BCUT2D eigenvalue weighted by Gasteiger charge is 2.19. The van der Waals surface area contributed by atoms with E-state index in [2.05, 4.69) is 10.3 Å². The third-order valence-electron chi connectivity index (χ3n) is 3.07. The van der Waals surface area contributed by atoms with Gasteiger partial charge in [0.25, 0.3) is 0 Å². The van der Waals surface area contributed by atoms with E-state index in [9.17, 15) is 9.59 Å². The zero-order valence-corrected chi connectivity index (χ0v) is 12.9. The van der Waals surface area contributed by atoms with Crippen LogP contribution in [0, 0.1) is 13.8 Å². The Bertz CT molecular complexity index is 490. The second-order valence-corrected chi connectivity index (χ2v) is 5.17. The van der Waals surface area contributed by atoms with Crippen molar-refractivity contribution in [2.24, 2.45) is 0 Å². The summed E-state index contributed by atoms with van der Waals surface area (Å²) in [4.78, 5) is 26.7. The second-order valence-electron chi connectivity index (χ2n) is 5.17. The van der Waals surface area contributed by atoms with Crippen molar-refractivity contribution in [3.05, 3.63) is 22.5 Å². The van der Waals surface area contributed by atoms with Gasteiger partial charge < -0.3 is 15.0 Å². The van der Waals surface area contributed by atoms with Gasteiger partial charge in [0.1, 0.15) is 0 Å². The average Bonchev–Trinajstić information content (AvgIpc) is 2.61. The number of aryl methyl sites for hydroxylation is 2. The van der Waals surface area contributed by atoms with E-state index in [-0.39, 0.29) is 17.9 Å². The number of esters is 1. The minimum absolute atomic E-state index is 0.0179. The number of hydrogen-bond acceptors (Lipinski definition) is 3. The van der Waals surface area contributed by atoms with Crippen molar-refractivity contribution < 1.29 is 14.3 Å². The zero-order valence-electron chi connectivity index (χ0n) is 12.9. The van der Waals surface area contributed by atoms with Gasteiger partial charge in [-0.3, -0.25) is 4.79 Å². The molecule has 0 aliphatic heterocycles. The van der Waals surface area contributed by atoms with E-state index in [0.717, 1.165) is 17.0 Å². The molecule has 5 heteroatoms. The molecule has 0 saturated carbocycles. The number of rotatable bonds is 6. The number of amides is 1. The molecule has 0 atom stereocenters. The first-order valence-electron chi connectivity index (χ1n) is 7.01. The van der Waals surface area contributed by atoms with Crippen molar-refractivity contribution in [3.8, 4) is 0 Å². The smallest absolute Gasteiger partial charge is 0.340 e. The molecule has 1 amide bonds. The van der Waals surface area contributed by atoms with Crippen LogP contribution in [-0.2, 0) is 16.0 Å². The molecule has 0 aliphatic carbocycles. The van der Waals surface area contributed by atoms with Crippen LogP contribution in [0.3, 0.4) is 0 Å². The largest absolute Gasteiger partial charge is 0.462 e. The third kappa shape index (κ3) is 4.11. The van der Waals surface area contributed by atoms with Gasteiger partial charge in [-0.05, 0) is 46.6 Å². The summed E-state index contributed by atoms with van der Waals surface area (Å²) in [6, 6.07) is 0.143. The molecule has 0 aliphatic rings. The number of carbonyl (C=O) groups excluding carboxylic acids is 2. The predicted molar refractivity (Wildman–Crippen MR) is 77.8 cm³/mol. The fraction of sp³-hybridized carbons (Fsp3) is 0.600. The number of aromatic amines is 1. The quantitative estimate of drug-likeness (QED) is 0.785. The average molecular weight is 280 g/mol. The molecule has 1 aromatic rings. The van der Waals surface area contributed by atoms with Crippen molar-refractivity contribution in [2.45, 2.75) is 53.5 Å². The summed E-state index contributed by atoms with van der Waals surface area (Å²) in [5.74, 6) is -0.291. The summed E-state index contributed by atoms with van der Waals surface area (Å²) in [5, 5.41) is 2.85. The lowest BCUT2D eigenvalue weighted by Gasteiger charge is -2.08. The molecule has 112 valence electrons. The highest BCUT2D eigenvalue weighted by Crippen LogP contribution is 2.20. The van der Waals surface area contributed by atoms with Gasteiger partial charge in [-0.1, -0.05) is 0 Å². The number of hydrogen-bond donors (Lipinski definition) is 2. The normalized spacial score (nSPS) is 10.7. The number of nitrogens with one attached hydrogen (secondary N) is 2. The van der Waals surface area contributed by atoms with E-state index in [1.807, 2.05) is 27.7 Å². The zero-order chi connectivity index (χ0) is 15.3. The standard InChI is InChI=1S/C15H24N2O3/c1-6-20-15(19)14-10(4)12(17-11(14)5)7-8-13(18)16-9(2)3/h9,17H,6-8H2,1-5H3,(H,16,18). The van der Waals surface area contributed by atoms with Crippen LogP contribution in [0.5, 0.6) is 0 Å². The molecule has 5 nitrogen and oxygen atoms in total. The van der Waals surface area contributed by atoms with Gasteiger partial charge in [0, 0.05) is 23.9 Å². The monoisotopic (exact) mass is 280 g/mol. The molecule has 0 unspecified atom stereocenters. The van der Waals surface area contributed by atoms with E-state index in [0.29, 0.717) is 25.0 Å². The molecule has 0 aromatic carbocycles. The Labute approximate surface area is 120 Å². The molecular formula is C15H24N2O3. The maximum Gasteiger partial charge on any atom is 0.340 e. The van der Waals surface area contributed by atoms with Crippen LogP contribution in [0.25, 0.3) is 0 Å². The Morgan fingerprint density at radius 2 is 1.95 bits per heavy atom. The Kier molecular flexibility index (Phi) is 5.80. The van der Waals surface area contributed by atoms with Gasteiger partial charge >= 0.3 is 5.97 Å². The first-order chi connectivity index (χ1) is 9.36. The van der Waals surface area contributed by atoms with Gasteiger partial charge in [-0.25, -0.2) is 4.79 Å². The number of aromatic nitrogens is 1. The maximum absolute atomic E-state index is 11.9. The Morgan fingerprint density at radius 1 is 1.30 bits per heavy atom. The number of carbonyl (C=O) groups is 2. The maximum atomic E-state index is 11.9. The fourth-order valence-corrected chi connectivity index (χ4v) is 2.21. The Hall–Kier alpha value is -1.78. The van der Waals surface area contributed by atoms with Gasteiger partial charge in [0.15, 0.2) is 0 Å². The summed E-state index contributed by atoms with van der Waals surface area (Å²) in [5.41, 5.74) is 3.18. The van der Waals surface area contributed by atoms with Crippen molar-refractivity contribution in [2.75, 3.05) is 6.61 Å². The molecule has 1 aromatic heterocycles. The van der Waals surface area contributed by atoms with Crippen molar-refractivity contribution >= 4 is 11.9 Å². The highest BCUT2D eigenvalue weighted by atomic mass is 16.5. The van der Waals surface area contributed by atoms with Crippen LogP contribution >= 0.6 is 0 Å². The van der Waals surface area contributed by atoms with Crippen molar-refractivity contribution in [1.82, 2.24) is 10.3 Å². The minimum atomic E-state index is -0.309. The molecule has 0 spiro atoms. The summed E-state index contributed by atoms with van der Waals surface area (Å²) in [7, 11) is 0. The van der Waals surface area contributed by atoms with Crippen LogP contribution in [0.1, 0.15) is 54.5 Å². The first-order valence-corrected chi connectivity index (χ1v) is 7.01. The number of ether oxygens (including phenoxy) is 1. The molecule has 0 fully saturated rings. The Morgan fingerprint density at radius 3 is 2.50 bits per heavy atom. The van der Waals surface area contributed by atoms with Crippen molar-refractivity contribution in [1.29, 1.82) is 0 Å². The third-order valence-corrected chi connectivity index (χ3v) is 3.07. The van der Waals surface area contributed by atoms with E-state index >= 15 is 0 Å². The molecule has 1 rings (SSSR count). The second kappa shape index (κ2) is 7.12. The molecule has 20 heavy (non-hydrogen) atoms. The van der Waals surface area contributed by atoms with Crippen LogP contribution in [0.2, 0.25) is 0 Å². The first kappa shape index (κ1) is 16.3. The Balaban J connectivity index is 2.76. The van der Waals surface area contributed by atoms with E-state index < -0.39 is 0 Å². The summed E-state index contributed by atoms with van der Waals surface area (Å²) in [6.45, 7) is 9.73. The molecule has 2 N–H and O–H groups in total. The molecule has 0 radical (unpaired) electrons. The summed E-state index contributed by atoms with van der Waals surface area (Å²) < 4.78 is 5.04. The van der Waals surface area contributed by atoms with E-state index in [4.69, 9.17) is 4.74 Å². The molecule has 0 bridgehead atoms. The minimum Gasteiger partial charge on any atom is -0.462 e. The lowest BCUT2D eigenvalue weighted by atomic mass is 10.1. The topological polar surface area (TPSA) is 71.2 Å². The van der Waals surface area contributed by atoms with Gasteiger partial charge in [0.2, 0.25) is 5.91 Å². The highest BCUT2D eigenvalue weighted by molar-refractivity contribution is 5.92. The lowest BCUT2D eigenvalue weighted by Crippen LogP contribution is -2.30. The molecular weight excluding hydrogens is 256 g/mol. The van der Waals surface area contributed by atoms with Crippen LogP contribution in [0.15, 0.2) is 0 Å². The lowest BCUT2D eigenvalue weighted by molar-refractivity contribution is -0.121.